The molecule has 6 heteroatoms. The first kappa shape index (κ1) is 21.9. The van der Waals surface area contributed by atoms with Crippen LogP contribution in [0.1, 0.15) is 35.3 Å². The van der Waals surface area contributed by atoms with Crippen LogP contribution in [0.4, 0.5) is 10.5 Å². The van der Waals surface area contributed by atoms with Crippen LogP contribution < -0.4 is 14.8 Å². The summed E-state index contributed by atoms with van der Waals surface area (Å²) in [5, 5.41) is 4.23. The highest BCUT2D eigenvalue weighted by Crippen LogP contribution is 2.40. The number of para-hydroxylation sites is 2. The van der Waals surface area contributed by atoms with Gasteiger partial charge in [-0.05, 0) is 61.7 Å². The monoisotopic (exact) mass is 455 g/mol. The number of ether oxygens (including phenoxy) is 2. The van der Waals surface area contributed by atoms with E-state index in [4.69, 9.17) is 9.47 Å². The quantitative estimate of drug-likeness (QED) is 0.384. The highest BCUT2D eigenvalue weighted by atomic mass is 16.5. The zero-order chi connectivity index (χ0) is 23.7. The van der Waals surface area contributed by atoms with E-state index >= 15 is 0 Å². The topological polar surface area (TPSA) is 66.6 Å². The third-order valence-corrected chi connectivity index (χ3v) is 6.42. The van der Waals surface area contributed by atoms with Crippen molar-refractivity contribution in [1.82, 2.24) is 9.88 Å². The van der Waals surface area contributed by atoms with Crippen LogP contribution in [0, 0.1) is 6.92 Å². The Bertz CT molecular complexity index is 1330. The summed E-state index contributed by atoms with van der Waals surface area (Å²) in [7, 11) is 1.68. The minimum absolute atomic E-state index is 0.153. The fraction of sp³-hybridized carbons (Fsp3) is 0.250. The number of hydrogen-bond acceptors (Lipinski definition) is 3. The summed E-state index contributed by atoms with van der Waals surface area (Å²) in [6.07, 6.45) is 0.755. The molecule has 0 saturated carbocycles. The maximum atomic E-state index is 13.6. The van der Waals surface area contributed by atoms with Gasteiger partial charge in [-0.25, -0.2) is 4.79 Å². The summed E-state index contributed by atoms with van der Waals surface area (Å²) in [6.45, 7) is 5.13. The van der Waals surface area contributed by atoms with Crippen molar-refractivity contribution in [2.45, 2.75) is 26.3 Å². The third-order valence-electron chi connectivity index (χ3n) is 6.42. The molecule has 1 aliphatic heterocycles. The van der Waals surface area contributed by atoms with Gasteiger partial charge >= 0.3 is 6.03 Å². The van der Waals surface area contributed by atoms with Crippen molar-refractivity contribution in [3.8, 4) is 11.5 Å². The Kier molecular flexibility index (Phi) is 5.88. The number of carbonyl (C=O) groups excluding carboxylic acids is 1. The highest BCUT2D eigenvalue weighted by molar-refractivity contribution is 5.93. The zero-order valence-corrected chi connectivity index (χ0v) is 19.7. The van der Waals surface area contributed by atoms with Gasteiger partial charge < -0.3 is 24.7 Å². The van der Waals surface area contributed by atoms with Crippen LogP contribution >= 0.6 is 0 Å². The van der Waals surface area contributed by atoms with Crippen LogP contribution in [0.2, 0.25) is 0 Å². The number of nitrogens with one attached hydrogen (secondary N) is 2. The first-order valence-corrected chi connectivity index (χ1v) is 11.6. The van der Waals surface area contributed by atoms with E-state index in [1.165, 1.54) is 11.1 Å². The predicted molar refractivity (Wildman–Crippen MR) is 135 cm³/mol. The summed E-state index contributed by atoms with van der Waals surface area (Å²) >= 11 is 0. The first-order valence-electron chi connectivity index (χ1n) is 11.6. The van der Waals surface area contributed by atoms with E-state index in [9.17, 15) is 4.79 Å². The lowest BCUT2D eigenvalue weighted by molar-refractivity contribution is 0.193. The van der Waals surface area contributed by atoms with Gasteiger partial charge in [-0.3, -0.25) is 0 Å². The molecule has 0 unspecified atom stereocenters. The second kappa shape index (κ2) is 9.14. The van der Waals surface area contributed by atoms with E-state index in [1.807, 2.05) is 48.2 Å². The average molecular weight is 456 g/mol. The number of hydrogen-bond donors (Lipinski definition) is 2. The standard InChI is InChI=1S/C28H29N3O3/c1-4-34-25-8-6-5-7-24(25)30-28(32)31-16-15-21-22-17-20(33-3)13-14-23(22)29-26(21)27(31)19-11-9-18(2)10-12-19/h5-14,17,27,29H,4,15-16H2,1-3H3,(H,30,32)/t27-/m0/s1. The third kappa shape index (κ3) is 3.96. The van der Waals surface area contributed by atoms with Gasteiger partial charge in [0, 0.05) is 23.1 Å². The van der Waals surface area contributed by atoms with Crippen LogP contribution in [-0.4, -0.2) is 36.2 Å². The number of fused-ring (bicyclic) bond motifs is 3. The van der Waals surface area contributed by atoms with Gasteiger partial charge in [0.2, 0.25) is 0 Å². The molecule has 5 rings (SSSR count). The number of aromatic amines is 1. The second-order valence-corrected chi connectivity index (χ2v) is 8.54. The molecule has 0 fully saturated rings. The first-order chi connectivity index (χ1) is 16.6. The number of aryl methyl sites for hydroxylation is 1. The maximum absolute atomic E-state index is 13.6. The van der Waals surface area contributed by atoms with Gasteiger partial charge in [-0.15, -0.1) is 0 Å². The molecule has 1 atom stereocenters. The molecular formula is C28H29N3O3. The molecule has 6 nitrogen and oxygen atoms in total. The molecule has 1 aromatic heterocycles. The van der Waals surface area contributed by atoms with Crippen LogP contribution in [0.15, 0.2) is 66.7 Å². The molecule has 0 radical (unpaired) electrons. The molecule has 34 heavy (non-hydrogen) atoms. The van der Waals surface area contributed by atoms with E-state index < -0.39 is 0 Å². The number of benzene rings is 3. The van der Waals surface area contributed by atoms with Gasteiger partial charge in [0.1, 0.15) is 11.5 Å². The zero-order valence-electron chi connectivity index (χ0n) is 19.7. The van der Waals surface area contributed by atoms with Gasteiger partial charge in [-0.2, -0.15) is 0 Å². The number of nitrogens with zero attached hydrogens (tertiary/aromatic N) is 1. The summed E-state index contributed by atoms with van der Waals surface area (Å²) in [4.78, 5) is 19.1. The van der Waals surface area contributed by atoms with Crippen molar-refractivity contribution in [2.75, 3.05) is 25.6 Å². The van der Waals surface area contributed by atoms with Crippen molar-refractivity contribution in [3.63, 3.8) is 0 Å². The van der Waals surface area contributed by atoms with Gasteiger partial charge in [0.05, 0.1) is 25.4 Å². The number of carbonyl (C=O) groups is 1. The minimum Gasteiger partial charge on any atom is -0.497 e. The molecule has 0 saturated heterocycles. The molecule has 174 valence electrons. The molecule has 2 N–H and O–H groups in total. The molecular weight excluding hydrogens is 426 g/mol. The second-order valence-electron chi connectivity index (χ2n) is 8.54. The highest BCUT2D eigenvalue weighted by Gasteiger charge is 2.35. The number of urea groups is 1. The minimum atomic E-state index is -0.234. The number of methoxy groups -OCH3 is 1. The Hall–Kier alpha value is -3.93. The van der Waals surface area contributed by atoms with Crippen molar-refractivity contribution >= 4 is 22.6 Å². The molecule has 4 aromatic rings. The molecule has 3 aromatic carbocycles. The van der Waals surface area contributed by atoms with Crippen molar-refractivity contribution in [2.24, 2.45) is 0 Å². The molecule has 0 aliphatic carbocycles. The largest absolute Gasteiger partial charge is 0.497 e. The molecule has 2 heterocycles. The Balaban J connectivity index is 1.56. The van der Waals surface area contributed by atoms with E-state index in [0.717, 1.165) is 34.3 Å². The molecule has 0 spiro atoms. The summed E-state index contributed by atoms with van der Waals surface area (Å²) in [5.41, 5.74) is 6.25. The summed E-state index contributed by atoms with van der Waals surface area (Å²) in [5.74, 6) is 1.49. The average Bonchev–Trinajstić information content (AvgIpc) is 3.23. The fourth-order valence-electron chi connectivity index (χ4n) is 4.75. The van der Waals surface area contributed by atoms with Gasteiger partial charge in [0.25, 0.3) is 0 Å². The number of aromatic nitrogens is 1. The normalized spacial score (nSPS) is 15.1. The van der Waals surface area contributed by atoms with Crippen LogP contribution in [0.25, 0.3) is 10.9 Å². The van der Waals surface area contributed by atoms with Crippen LogP contribution in [-0.2, 0) is 6.42 Å². The Morgan fingerprint density at radius 2 is 1.91 bits per heavy atom. The van der Waals surface area contributed by atoms with Crippen LogP contribution in [0.3, 0.4) is 0 Å². The Morgan fingerprint density at radius 3 is 2.68 bits per heavy atom. The summed E-state index contributed by atoms with van der Waals surface area (Å²) in [6, 6.07) is 21.6. The van der Waals surface area contributed by atoms with Gasteiger partial charge in [0.15, 0.2) is 0 Å². The number of H-pyrrole nitrogens is 1. The molecule has 1 aliphatic rings. The van der Waals surface area contributed by atoms with E-state index in [1.54, 1.807) is 7.11 Å². The number of amides is 2. The smallest absolute Gasteiger partial charge is 0.322 e. The number of anilines is 1. The maximum Gasteiger partial charge on any atom is 0.322 e. The Morgan fingerprint density at radius 1 is 1.12 bits per heavy atom. The molecule has 2 amide bonds. The van der Waals surface area contributed by atoms with Crippen molar-refractivity contribution < 1.29 is 14.3 Å². The van der Waals surface area contributed by atoms with E-state index in [2.05, 4.69) is 47.6 Å². The predicted octanol–water partition coefficient (Wildman–Crippen LogP) is 6.06. The van der Waals surface area contributed by atoms with Crippen LogP contribution in [0.5, 0.6) is 11.5 Å². The van der Waals surface area contributed by atoms with Crippen molar-refractivity contribution in [1.29, 1.82) is 0 Å². The van der Waals surface area contributed by atoms with Gasteiger partial charge in [-0.1, -0.05) is 42.0 Å². The van der Waals surface area contributed by atoms with E-state index in [0.29, 0.717) is 24.6 Å². The van der Waals surface area contributed by atoms with E-state index in [-0.39, 0.29) is 12.1 Å². The fourth-order valence-corrected chi connectivity index (χ4v) is 4.75. The lowest BCUT2D eigenvalue weighted by Gasteiger charge is -2.36. The number of rotatable bonds is 5. The SMILES string of the molecule is CCOc1ccccc1NC(=O)N1CCc2c([nH]c3ccc(OC)cc23)[C@@H]1c1ccc(C)cc1. The molecule has 0 bridgehead atoms. The van der Waals surface area contributed by atoms with Crippen molar-refractivity contribution in [3.05, 3.63) is 89.1 Å². The lowest BCUT2D eigenvalue weighted by atomic mass is 9.92. The summed E-state index contributed by atoms with van der Waals surface area (Å²) < 4.78 is 11.2. The Labute approximate surface area is 199 Å². The lowest BCUT2D eigenvalue weighted by Crippen LogP contribution is -2.43.